The standard InChI is InChI=1S/C25H23N5S/c1-4-30-23-13-17(3)20(14-21(23)27-24(30)19-7-5-6-16(2)12-19)28-25-29-22(15-31-25)18-8-10-26-11-9-18/h5-15H,4H2,1-3H3,(H,28,29). The number of nitrogens with zero attached hydrogens (tertiary/aromatic N) is 4. The van der Waals surface area contributed by atoms with E-state index >= 15 is 0 Å². The van der Waals surface area contributed by atoms with Crippen LogP contribution < -0.4 is 5.32 Å². The largest absolute Gasteiger partial charge is 0.331 e. The van der Waals surface area contributed by atoms with E-state index < -0.39 is 0 Å². The average Bonchev–Trinajstić information content (AvgIpc) is 3.39. The topological polar surface area (TPSA) is 55.6 Å². The molecule has 0 amide bonds. The van der Waals surface area contributed by atoms with Gasteiger partial charge in [0.25, 0.3) is 0 Å². The van der Waals surface area contributed by atoms with Crippen molar-refractivity contribution in [3.63, 3.8) is 0 Å². The van der Waals surface area contributed by atoms with Crippen LogP contribution in [0.5, 0.6) is 0 Å². The lowest BCUT2D eigenvalue weighted by Gasteiger charge is -2.09. The highest BCUT2D eigenvalue weighted by molar-refractivity contribution is 7.14. The highest BCUT2D eigenvalue weighted by Crippen LogP contribution is 2.32. The van der Waals surface area contributed by atoms with Crippen LogP contribution >= 0.6 is 11.3 Å². The molecule has 154 valence electrons. The number of fused-ring (bicyclic) bond motifs is 1. The average molecular weight is 426 g/mol. The molecule has 0 aliphatic heterocycles. The number of hydrogen-bond acceptors (Lipinski definition) is 5. The third kappa shape index (κ3) is 3.70. The molecule has 0 radical (unpaired) electrons. The first kappa shape index (κ1) is 19.5. The third-order valence-electron chi connectivity index (χ3n) is 5.41. The van der Waals surface area contributed by atoms with Gasteiger partial charge in [-0.05, 0) is 56.7 Å². The molecule has 0 saturated carbocycles. The van der Waals surface area contributed by atoms with E-state index in [1.807, 2.05) is 12.1 Å². The Morgan fingerprint density at radius 3 is 2.58 bits per heavy atom. The van der Waals surface area contributed by atoms with Crippen molar-refractivity contribution in [3.8, 4) is 22.6 Å². The van der Waals surface area contributed by atoms with Crippen LogP contribution in [0.2, 0.25) is 0 Å². The predicted molar refractivity (Wildman–Crippen MR) is 129 cm³/mol. The molecule has 5 aromatic rings. The summed E-state index contributed by atoms with van der Waals surface area (Å²) in [6.45, 7) is 7.27. The van der Waals surface area contributed by atoms with Gasteiger partial charge in [0.1, 0.15) is 5.82 Å². The van der Waals surface area contributed by atoms with Gasteiger partial charge in [-0.15, -0.1) is 11.3 Å². The summed E-state index contributed by atoms with van der Waals surface area (Å²) in [5.74, 6) is 1.01. The Balaban J connectivity index is 1.52. The zero-order chi connectivity index (χ0) is 21.4. The molecule has 5 rings (SSSR count). The van der Waals surface area contributed by atoms with Crippen molar-refractivity contribution < 1.29 is 0 Å². The SMILES string of the molecule is CCn1c(-c2cccc(C)c2)nc2cc(Nc3nc(-c4ccncc4)cs3)c(C)cc21. The van der Waals surface area contributed by atoms with Gasteiger partial charge in [-0.3, -0.25) is 4.98 Å². The lowest BCUT2D eigenvalue weighted by Crippen LogP contribution is -1.98. The second kappa shape index (κ2) is 7.96. The first-order chi connectivity index (χ1) is 15.1. The monoisotopic (exact) mass is 425 g/mol. The van der Waals surface area contributed by atoms with E-state index in [2.05, 4.69) is 77.4 Å². The molecule has 3 heterocycles. The van der Waals surface area contributed by atoms with Crippen molar-refractivity contribution in [2.75, 3.05) is 5.32 Å². The molecule has 0 bridgehead atoms. The number of anilines is 2. The molecule has 1 N–H and O–H groups in total. The fraction of sp³-hybridized carbons (Fsp3) is 0.160. The highest BCUT2D eigenvalue weighted by atomic mass is 32.1. The summed E-state index contributed by atoms with van der Waals surface area (Å²) >= 11 is 1.60. The Morgan fingerprint density at radius 1 is 0.968 bits per heavy atom. The van der Waals surface area contributed by atoms with E-state index in [0.29, 0.717) is 0 Å². The summed E-state index contributed by atoms with van der Waals surface area (Å²) in [7, 11) is 0. The maximum absolute atomic E-state index is 4.99. The Labute approximate surface area is 185 Å². The second-order valence-electron chi connectivity index (χ2n) is 7.60. The number of aryl methyl sites for hydroxylation is 3. The number of benzene rings is 2. The molecule has 6 heteroatoms. The van der Waals surface area contributed by atoms with E-state index in [1.54, 1.807) is 23.7 Å². The van der Waals surface area contributed by atoms with Crippen LogP contribution in [-0.2, 0) is 6.54 Å². The van der Waals surface area contributed by atoms with Gasteiger partial charge in [0.2, 0.25) is 0 Å². The third-order valence-corrected chi connectivity index (χ3v) is 6.17. The number of imidazole rings is 1. The molecule has 0 saturated heterocycles. The maximum atomic E-state index is 4.99. The summed E-state index contributed by atoms with van der Waals surface area (Å²) in [6.07, 6.45) is 3.57. The van der Waals surface area contributed by atoms with Crippen molar-refractivity contribution in [2.45, 2.75) is 27.3 Å². The van der Waals surface area contributed by atoms with Crippen molar-refractivity contribution in [2.24, 2.45) is 0 Å². The fourth-order valence-electron chi connectivity index (χ4n) is 3.84. The van der Waals surface area contributed by atoms with Gasteiger partial charge in [-0.2, -0.15) is 0 Å². The van der Waals surface area contributed by atoms with Gasteiger partial charge < -0.3 is 9.88 Å². The summed E-state index contributed by atoms with van der Waals surface area (Å²) in [4.78, 5) is 13.8. The zero-order valence-electron chi connectivity index (χ0n) is 17.8. The molecular weight excluding hydrogens is 402 g/mol. The number of hydrogen-bond donors (Lipinski definition) is 1. The number of nitrogens with one attached hydrogen (secondary N) is 1. The predicted octanol–water partition coefficient (Wildman–Crippen LogP) is 6.60. The molecule has 0 aliphatic rings. The minimum absolute atomic E-state index is 0.864. The molecule has 0 atom stereocenters. The van der Waals surface area contributed by atoms with E-state index in [-0.39, 0.29) is 0 Å². The summed E-state index contributed by atoms with van der Waals surface area (Å²) in [5, 5.41) is 6.42. The molecule has 0 unspecified atom stereocenters. The number of aromatic nitrogens is 4. The Kier molecular flexibility index (Phi) is 5.00. The van der Waals surface area contributed by atoms with Crippen molar-refractivity contribution in [3.05, 3.63) is 77.4 Å². The number of thiazole rings is 1. The van der Waals surface area contributed by atoms with Crippen molar-refractivity contribution in [1.29, 1.82) is 0 Å². The van der Waals surface area contributed by atoms with E-state index in [9.17, 15) is 0 Å². The number of pyridine rings is 1. The van der Waals surface area contributed by atoms with E-state index in [4.69, 9.17) is 9.97 Å². The molecule has 0 spiro atoms. The molecule has 0 aliphatic carbocycles. The fourth-order valence-corrected chi connectivity index (χ4v) is 4.57. The van der Waals surface area contributed by atoms with Crippen LogP contribution in [0.1, 0.15) is 18.1 Å². The Bertz CT molecular complexity index is 1370. The quantitative estimate of drug-likeness (QED) is 0.344. The zero-order valence-corrected chi connectivity index (χ0v) is 18.6. The molecule has 3 aromatic heterocycles. The Hall–Kier alpha value is -3.51. The molecule has 2 aromatic carbocycles. The highest BCUT2D eigenvalue weighted by Gasteiger charge is 2.14. The van der Waals surface area contributed by atoms with Gasteiger partial charge in [-0.25, -0.2) is 9.97 Å². The maximum Gasteiger partial charge on any atom is 0.187 e. The Morgan fingerprint density at radius 2 is 1.81 bits per heavy atom. The summed E-state index contributed by atoms with van der Waals surface area (Å²) in [5.41, 5.74) is 8.72. The number of rotatable bonds is 5. The first-order valence-electron chi connectivity index (χ1n) is 10.3. The van der Waals surface area contributed by atoms with E-state index in [1.165, 1.54) is 11.1 Å². The van der Waals surface area contributed by atoms with Crippen LogP contribution in [0.25, 0.3) is 33.7 Å². The van der Waals surface area contributed by atoms with Gasteiger partial charge in [-0.1, -0.05) is 23.8 Å². The van der Waals surface area contributed by atoms with Crippen molar-refractivity contribution in [1.82, 2.24) is 19.5 Å². The second-order valence-corrected chi connectivity index (χ2v) is 8.46. The minimum atomic E-state index is 0.864. The molecule has 5 nitrogen and oxygen atoms in total. The molecule has 0 fully saturated rings. The summed E-state index contributed by atoms with van der Waals surface area (Å²) < 4.78 is 2.28. The summed E-state index contributed by atoms with van der Waals surface area (Å²) in [6, 6.07) is 16.8. The smallest absolute Gasteiger partial charge is 0.187 e. The van der Waals surface area contributed by atoms with Crippen LogP contribution in [-0.4, -0.2) is 19.5 Å². The van der Waals surface area contributed by atoms with Crippen molar-refractivity contribution >= 4 is 33.2 Å². The normalized spacial score (nSPS) is 11.2. The minimum Gasteiger partial charge on any atom is -0.331 e. The van der Waals surface area contributed by atoms with Crippen LogP contribution in [0.15, 0.2) is 66.3 Å². The molecular formula is C25H23N5S. The van der Waals surface area contributed by atoms with E-state index in [0.717, 1.165) is 51.0 Å². The van der Waals surface area contributed by atoms with Gasteiger partial charge in [0.15, 0.2) is 5.13 Å². The van der Waals surface area contributed by atoms with Crippen LogP contribution in [0.4, 0.5) is 10.8 Å². The van der Waals surface area contributed by atoms with Gasteiger partial charge in [0, 0.05) is 41.1 Å². The molecule has 31 heavy (non-hydrogen) atoms. The lowest BCUT2D eigenvalue weighted by molar-refractivity contribution is 0.796. The lowest BCUT2D eigenvalue weighted by atomic mass is 10.1. The van der Waals surface area contributed by atoms with Crippen LogP contribution in [0.3, 0.4) is 0 Å². The van der Waals surface area contributed by atoms with Crippen LogP contribution in [0, 0.1) is 13.8 Å². The van der Waals surface area contributed by atoms with Gasteiger partial charge >= 0.3 is 0 Å². The first-order valence-corrected chi connectivity index (χ1v) is 11.2. The van der Waals surface area contributed by atoms with Gasteiger partial charge in [0.05, 0.1) is 16.7 Å².